The van der Waals surface area contributed by atoms with Gasteiger partial charge in [-0.1, -0.05) is 43.3 Å². The van der Waals surface area contributed by atoms with Crippen molar-refractivity contribution in [2.75, 3.05) is 12.5 Å². The lowest BCUT2D eigenvalue weighted by Gasteiger charge is -2.17. The number of thioether (sulfide) groups is 1. The Hall–Kier alpha value is -2.71. The standard InChI is InChI=1S/C23H24ClN3O4S/c1-13(2)10-27-22(29)17-9-16(24)5-6-18(17)26-23(27)32-11-21(28)25-14(3)15-4-7-19-20(8-15)31-12-30-19/h4-9,13-14H,10-12H2,1-3H3,(H,25,28). The van der Waals surface area contributed by atoms with Crippen molar-refractivity contribution in [2.45, 2.75) is 38.5 Å². The minimum atomic E-state index is -0.206. The second kappa shape index (κ2) is 9.42. The topological polar surface area (TPSA) is 82.5 Å². The fourth-order valence-electron chi connectivity index (χ4n) is 3.49. The molecular formula is C23H24ClN3O4S. The van der Waals surface area contributed by atoms with Crippen LogP contribution in [0.25, 0.3) is 10.9 Å². The molecule has 7 nitrogen and oxygen atoms in total. The van der Waals surface area contributed by atoms with Crippen LogP contribution in [0.4, 0.5) is 0 Å². The Labute approximate surface area is 195 Å². The Balaban J connectivity index is 1.49. The summed E-state index contributed by atoms with van der Waals surface area (Å²) in [6.45, 7) is 6.68. The van der Waals surface area contributed by atoms with Gasteiger partial charge in [0.05, 0.1) is 22.7 Å². The van der Waals surface area contributed by atoms with Crippen molar-refractivity contribution in [3.05, 3.63) is 57.3 Å². The number of carbonyl (C=O) groups is 1. The van der Waals surface area contributed by atoms with E-state index in [1.807, 2.05) is 39.0 Å². The van der Waals surface area contributed by atoms with Gasteiger partial charge in [0.25, 0.3) is 5.56 Å². The van der Waals surface area contributed by atoms with Crippen molar-refractivity contribution in [2.24, 2.45) is 5.92 Å². The number of benzene rings is 2. The summed E-state index contributed by atoms with van der Waals surface area (Å²) >= 11 is 7.32. The van der Waals surface area contributed by atoms with Gasteiger partial charge in [-0.2, -0.15) is 0 Å². The van der Waals surface area contributed by atoms with E-state index >= 15 is 0 Å². The number of hydrogen-bond acceptors (Lipinski definition) is 6. The molecule has 0 radical (unpaired) electrons. The molecule has 0 aliphatic carbocycles. The minimum absolute atomic E-state index is 0.137. The fourth-order valence-corrected chi connectivity index (χ4v) is 4.48. The van der Waals surface area contributed by atoms with Crippen LogP contribution in [0.1, 0.15) is 32.4 Å². The molecule has 1 aliphatic heterocycles. The number of halogens is 1. The second-order valence-corrected chi connectivity index (χ2v) is 9.43. The van der Waals surface area contributed by atoms with Crippen LogP contribution in [-0.4, -0.2) is 28.0 Å². The van der Waals surface area contributed by atoms with Crippen molar-refractivity contribution in [3.63, 3.8) is 0 Å². The van der Waals surface area contributed by atoms with Crippen molar-refractivity contribution in [3.8, 4) is 11.5 Å². The first-order valence-electron chi connectivity index (χ1n) is 10.3. The van der Waals surface area contributed by atoms with Gasteiger partial charge in [-0.3, -0.25) is 14.2 Å². The molecule has 1 aromatic heterocycles. The van der Waals surface area contributed by atoms with E-state index in [0.29, 0.717) is 39.1 Å². The normalized spacial score (nSPS) is 13.5. The summed E-state index contributed by atoms with van der Waals surface area (Å²) in [5.41, 5.74) is 1.34. The summed E-state index contributed by atoms with van der Waals surface area (Å²) in [7, 11) is 0. The number of carbonyl (C=O) groups excluding carboxylic acids is 1. The number of nitrogens with zero attached hydrogens (tertiary/aromatic N) is 2. The lowest BCUT2D eigenvalue weighted by Crippen LogP contribution is -2.29. The van der Waals surface area contributed by atoms with Gasteiger partial charge >= 0.3 is 0 Å². The summed E-state index contributed by atoms with van der Waals surface area (Å²) in [6.07, 6.45) is 0. The summed E-state index contributed by atoms with van der Waals surface area (Å²) < 4.78 is 12.4. The number of aromatic nitrogens is 2. The molecule has 32 heavy (non-hydrogen) atoms. The number of rotatable bonds is 7. The van der Waals surface area contributed by atoms with E-state index in [1.54, 1.807) is 22.8 Å². The quantitative estimate of drug-likeness (QED) is 0.404. The molecule has 9 heteroatoms. The minimum Gasteiger partial charge on any atom is -0.454 e. The average molecular weight is 474 g/mol. The molecule has 1 amide bonds. The SMILES string of the molecule is CC(C)Cn1c(SCC(=O)NC(C)c2ccc3c(c2)OCO3)nc2ccc(Cl)cc2c1=O. The summed E-state index contributed by atoms with van der Waals surface area (Å²) in [4.78, 5) is 30.3. The monoisotopic (exact) mass is 473 g/mol. The van der Waals surface area contributed by atoms with Gasteiger partial charge < -0.3 is 14.8 Å². The average Bonchev–Trinajstić information content (AvgIpc) is 3.22. The van der Waals surface area contributed by atoms with Crippen LogP contribution < -0.4 is 20.3 Å². The van der Waals surface area contributed by atoms with Crippen molar-refractivity contribution in [1.82, 2.24) is 14.9 Å². The first-order chi connectivity index (χ1) is 15.3. The van der Waals surface area contributed by atoms with Crippen LogP contribution in [0.5, 0.6) is 11.5 Å². The Morgan fingerprint density at radius 3 is 2.75 bits per heavy atom. The van der Waals surface area contributed by atoms with Crippen LogP contribution in [-0.2, 0) is 11.3 Å². The van der Waals surface area contributed by atoms with Gasteiger partial charge in [-0.25, -0.2) is 4.98 Å². The molecule has 1 N–H and O–H groups in total. The third-order valence-electron chi connectivity index (χ3n) is 5.04. The van der Waals surface area contributed by atoms with E-state index < -0.39 is 0 Å². The maximum Gasteiger partial charge on any atom is 0.262 e. The zero-order chi connectivity index (χ0) is 22.8. The molecule has 4 rings (SSSR count). The molecule has 1 atom stereocenters. The fraction of sp³-hybridized carbons (Fsp3) is 0.348. The van der Waals surface area contributed by atoms with Gasteiger partial charge in [-0.05, 0) is 48.7 Å². The molecule has 0 saturated carbocycles. The molecule has 3 aromatic rings. The molecule has 0 spiro atoms. The third kappa shape index (κ3) is 4.86. The third-order valence-corrected chi connectivity index (χ3v) is 6.25. The highest BCUT2D eigenvalue weighted by atomic mass is 35.5. The zero-order valence-corrected chi connectivity index (χ0v) is 19.6. The molecule has 1 unspecified atom stereocenters. The van der Waals surface area contributed by atoms with Crippen LogP contribution in [0.2, 0.25) is 5.02 Å². The van der Waals surface area contributed by atoms with Crippen LogP contribution >= 0.6 is 23.4 Å². The molecule has 168 valence electrons. The van der Waals surface area contributed by atoms with Crippen LogP contribution in [0.3, 0.4) is 0 Å². The van der Waals surface area contributed by atoms with Gasteiger partial charge in [0.1, 0.15) is 0 Å². The van der Waals surface area contributed by atoms with E-state index in [-0.39, 0.29) is 36.0 Å². The largest absolute Gasteiger partial charge is 0.454 e. The molecule has 2 aromatic carbocycles. The van der Waals surface area contributed by atoms with Gasteiger partial charge in [0.15, 0.2) is 16.7 Å². The molecule has 0 fully saturated rings. The number of fused-ring (bicyclic) bond motifs is 2. The maximum atomic E-state index is 13.1. The Bertz CT molecular complexity index is 1230. The van der Waals surface area contributed by atoms with Crippen molar-refractivity contribution in [1.29, 1.82) is 0 Å². The molecule has 0 saturated heterocycles. The van der Waals surface area contributed by atoms with Gasteiger partial charge in [0.2, 0.25) is 12.7 Å². The Morgan fingerprint density at radius 1 is 1.19 bits per heavy atom. The highest BCUT2D eigenvalue weighted by Gasteiger charge is 2.18. The van der Waals surface area contributed by atoms with E-state index in [9.17, 15) is 9.59 Å². The molecule has 0 bridgehead atoms. The zero-order valence-electron chi connectivity index (χ0n) is 18.1. The number of nitrogens with one attached hydrogen (secondary N) is 1. The lowest BCUT2D eigenvalue weighted by molar-refractivity contribution is -0.119. The van der Waals surface area contributed by atoms with E-state index in [1.165, 1.54) is 11.8 Å². The van der Waals surface area contributed by atoms with Crippen LogP contribution in [0.15, 0.2) is 46.3 Å². The van der Waals surface area contributed by atoms with E-state index in [2.05, 4.69) is 10.3 Å². The maximum absolute atomic E-state index is 13.1. The predicted octanol–water partition coefficient (Wildman–Crippen LogP) is 4.40. The first kappa shape index (κ1) is 22.5. The lowest BCUT2D eigenvalue weighted by atomic mass is 10.1. The molecular weight excluding hydrogens is 450 g/mol. The van der Waals surface area contributed by atoms with Crippen LogP contribution in [0, 0.1) is 5.92 Å². The smallest absolute Gasteiger partial charge is 0.262 e. The number of ether oxygens (including phenoxy) is 2. The highest BCUT2D eigenvalue weighted by molar-refractivity contribution is 7.99. The van der Waals surface area contributed by atoms with Crippen molar-refractivity contribution >= 4 is 40.2 Å². The predicted molar refractivity (Wildman–Crippen MR) is 126 cm³/mol. The van der Waals surface area contributed by atoms with Crippen molar-refractivity contribution < 1.29 is 14.3 Å². The Morgan fingerprint density at radius 2 is 1.97 bits per heavy atom. The van der Waals surface area contributed by atoms with E-state index in [0.717, 1.165) is 5.56 Å². The first-order valence-corrected chi connectivity index (χ1v) is 11.7. The van der Waals surface area contributed by atoms with Gasteiger partial charge in [-0.15, -0.1) is 0 Å². The van der Waals surface area contributed by atoms with Gasteiger partial charge in [0, 0.05) is 11.6 Å². The number of amides is 1. The number of hydrogen-bond donors (Lipinski definition) is 1. The van der Waals surface area contributed by atoms with E-state index in [4.69, 9.17) is 21.1 Å². The summed E-state index contributed by atoms with van der Waals surface area (Å²) in [5, 5.41) is 4.47. The summed E-state index contributed by atoms with van der Waals surface area (Å²) in [6, 6.07) is 10.5. The highest BCUT2D eigenvalue weighted by Crippen LogP contribution is 2.34. The molecule has 1 aliphatic rings. The second-order valence-electron chi connectivity index (χ2n) is 8.06. The Kier molecular flexibility index (Phi) is 6.62. The summed E-state index contributed by atoms with van der Waals surface area (Å²) in [5.74, 6) is 1.61. The molecule has 2 heterocycles.